The molecule has 2 unspecified atom stereocenters. The molecular weight excluding hydrogens is 196 g/mol. The second-order valence-electron chi connectivity index (χ2n) is 3.57. The monoisotopic (exact) mass is 218 g/mol. The minimum atomic E-state index is -0.309. The highest BCUT2D eigenvalue weighted by atomic mass is 16.5. The molecule has 0 heterocycles. The Morgan fingerprint density at radius 2 is 2.20 bits per heavy atom. The molecule has 90 valence electrons. The predicted octanol–water partition coefficient (Wildman–Crippen LogP) is -0.502. The molecule has 5 heteroatoms. The summed E-state index contributed by atoms with van der Waals surface area (Å²) in [6.45, 7) is 5.02. The van der Waals surface area contributed by atoms with E-state index in [0.717, 1.165) is 6.54 Å². The standard InChI is InChI=1S/C10H22N2O3/c1-4-11-8(2)5-10(14)12-9(6-13)7-15-3/h8-9,11,13H,4-7H2,1-3H3,(H,12,14). The zero-order chi connectivity index (χ0) is 11.7. The van der Waals surface area contributed by atoms with E-state index >= 15 is 0 Å². The van der Waals surface area contributed by atoms with Gasteiger partial charge in [-0.25, -0.2) is 0 Å². The van der Waals surface area contributed by atoms with E-state index in [0.29, 0.717) is 13.0 Å². The van der Waals surface area contributed by atoms with E-state index in [1.165, 1.54) is 7.11 Å². The quantitative estimate of drug-likeness (QED) is 0.513. The van der Waals surface area contributed by atoms with Gasteiger partial charge in [0.05, 0.1) is 19.3 Å². The minimum absolute atomic E-state index is 0.0699. The van der Waals surface area contributed by atoms with Gasteiger partial charge < -0.3 is 20.5 Å². The molecule has 0 saturated heterocycles. The lowest BCUT2D eigenvalue weighted by atomic mass is 10.2. The van der Waals surface area contributed by atoms with Crippen molar-refractivity contribution in [2.24, 2.45) is 0 Å². The predicted molar refractivity (Wildman–Crippen MR) is 58.6 cm³/mol. The Kier molecular flexibility index (Phi) is 8.27. The molecule has 0 fully saturated rings. The number of aliphatic hydroxyl groups is 1. The third-order valence-corrected chi connectivity index (χ3v) is 2.00. The molecule has 2 atom stereocenters. The Balaban J connectivity index is 3.79. The van der Waals surface area contributed by atoms with Crippen LogP contribution in [0, 0.1) is 0 Å². The summed E-state index contributed by atoms with van der Waals surface area (Å²) in [5.41, 5.74) is 0. The number of rotatable bonds is 8. The fourth-order valence-corrected chi connectivity index (χ4v) is 1.33. The van der Waals surface area contributed by atoms with Gasteiger partial charge in [-0.2, -0.15) is 0 Å². The van der Waals surface area contributed by atoms with Crippen molar-refractivity contribution < 1.29 is 14.6 Å². The van der Waals surface area contributed by atoms with E-state index in [9.17, 15) is 4.79 Å². The fraction of sp³-hybridized carbons (Fsp3) is 0.900. The smallest absolute Gasteiger partial charge is 0.221 e. The summed E-state index contributed by atoms with van der Waals surface area (Å²) >= 11 is 0. The average molecular weight is 218 g/mol. The second-order valence-corrected chi connectivity index (χ2v) is 3.57. The molecule has 1 amide bonds. The first-order valence-corrected chi connectivity index (χ1v) is 5.26. The summed E-state index contributed by atoms with van der Waals surface area (Å²) in [7, 11) is 1.54. The topological polar surface area (TPSA) is 70.6 Å². The fourth-order valence-electron chi connectivity index (χ4n) is 1.33. The first kappa shape index (κ1) is 14.3. The Morgan fingerprint density at radius 3 is 2.67 bits per heavy atom. The van der Waals surface area contributed by atoms with Crippen LogP contribution in [0.1, 0.15) is 20.3 Å². The summed E-state index contributed by atoms with van der Waals surface area (Å²) in [6.07, 6.45) is 0.411. The minimum Gasteiger partial charge on any atom is -0.394 e. The molecule has 15 heavy (non-hydrogen) atoms. The molecule has 0 rings (SSSR count). The Morgan fingerprint density at radius 1 is 1.53 bits per heavy atom. The molecule has 0 aromatic carbocycles. The van der Waals surface area contributed by atoms with E-state index in [1.807, 2.05) is 13.8 Å². The third kappa shape index (κ3) is 7.30. The zero-order valence-electron chi connectivity index (χ0n) is 9.75. The lowest BCUT2D eigenvalue weighted by molar-refractivity contribution is -0.122. The van der Waals surface area contributed by atoms with Gasteiger partial charge in [0.1, 0.15) is 0 Å². The summed E-state index contributed by atoms with van der Waals surface area (Å²) in [6, 6.07) is -0.159. The number of amides is 1. The van der Waals surface area contributed by atoms with Crippen LogP contribution in [-0.2, 0) is 9.53 Å². The van der Waals surface area contributed by atoms with Crippen molar-refractivity contribution >= 4 is 5.91 Å². The van der Waals surface area contributed by atoms with Gasteiger partial charge in [0.25, 0.3) is 0 Å². The summed E-state index contributed by atoms with van der Waals surface area (Å²) in [5.74, 6) is -0.0699. The lowest BCUT2D eigenvalue weighted by Crippen LogP contribution is -2.43. The Hall–Kier alpha value is -0.650. The van der Waals surface area contributed by atoms with Crippen LogP contribution in [0.25, 0.3) is 0 Å². The van der Waals surface area contributed by atoms with E-state index in [-0.39, 0.29) is 24.6 Å². The molecule has 0 aliphatic carbocycles. The van der Waals surface area contributed by atoms with E-state index in [1.54, 1.807) is 0 Å². The highest BCUT2D eigenvalue weighted by Gasteiger charge is 2.13. The highest BCUT2D eigenvalue weighted by molar-refractivity contribution is 5.76. The molecule has 0 aliphatic heterocycles. The maximum absolute atomic E-state index is 11.5. The lowest BCUT2D eigenvalue weighted by Gasteiger charge is -2.17. The SMILES string of the molecule is CCNC(C)CC(=O)NC(CO)COC. The van der Waals surface area contributed by atoms with Crippen LogP contribution >= 0.6 is 0 Å². The molecule has 3 N–H and O–H groups in total. The first-order chi connectivity index (χ1) is 7.13. The van der Waals surface area contributed by atoms with Crippen molar-refractivity contribution in [2.45, 2.75) is 32.4 Å². The maximum Gasteiger partial charge on any atom is 0.221 e. The molecular formula is C10H22N2O3. The van der Waals surface area contributed by atoms with E-state index in [4.69, 9.17) is 9.84 Å². The van der Waals surface area contributed by atoms with Crippen LogP contribution in [0.4, 0.5) is 0 Å². The highest BCUT2D eigenvalue weighted by Crippen LogP contribution is 1.92. The number of hydrogen-bond acceptors (Lipinski definition) is 4. The van der Waals surface area contributed by atoms with Crippen molar-refractivity contribution in [1.29, 1.82) is 0 Å². The van der Waals surface area contributed by atoms with Crippen molar-refractivity contribution in [2.75, 3.05) is 26.9 Å². The van der Waals surface area contributed by atoms with Gasteiger partial charge in [0, 0.05) is 19.6 Å². The van der Waals surface area contributed by atoms with Crippen LogP contribution in [0.2, 0.25) is 0 Å². The molecule has 0 aromatic heterocycles. The van der Waals surface area contributed by atoms with Gasteiger partial charge in [-0.3, -0.25) is 4.79 Å². The van der Waals surface area contributed by atoms with Gasteiger partial charge in [-0.05, 0) is 13.5 Å². The van der Waals surface area contributed by atoms with E-state index in [2.05, 4.69) is 10.6 Å². The van der Waals surface area contributed by atoms with Gasteiger partial charge in [0.2, 0.25) is 5.91 Å². The first-order valence-electron chi connectivity index (χ1n) is 5.26. The van der Waals surface area contributed by atoms with Crippen molar-refractivity contribution in [1.82, 2.24) is 10.6 Å². The van der Waals surface area contributed by atoms with Crippen LogP contribution in [-0.4, -0.2) is 50.0 Å². The number of methoxy groups -OCH3 is 1. The summed E-state index contributed by atoms with van der Waals surface area (Å²) in [4.78, 5) is 11.5. The van der Waals surface area contributed by atoms with Crippen LogP contribution in [0.5, 0.6) is 0 Å². The van der Waals surface area contributed by atoms with Gasteiger partial charge in [0.15, 0.2) is 0 Å². The number of ether oxygens (including phenoxy) is 1. The van der Waals surface area contributed by atoms with Gasteiger partial charge in [-0.15, -0.1) is 0 Å². The Labute approximate surface area is 91.2 Å². The van der Waals surface area contributed by atoms with E-state index < -0.39 is 0 Å². The number of hydrogen-bond donors (Lipinski definition) is 3. The molecule has 0 spiro atoms. The number of nitrogens with one attached hydrogen (secondary N) is 2. The van der Waals surface area contributed by atoms with Crippen LogP contribution < -0.4 is 10.6 Å². The summed E-state index contributed by atoms with van der Waals surface area (Å²) in [5, 5.41) is 14.8. The average Bonchev–Trinajstić information content (AvgIpc) is 2.17. The number of carbonyl (C=O) groups is 1. The van der Waals surface area contributed by atoms with Crippen molar-refractivity contribution in [3.05, 3.63) is 0 Å². The number of carbonyl (C=O) groups excluding carboxylic acids is 1. The normalized spacial score (nSPS) is 14.7. The molecule has 0 saturated carbocycles. The molecule has 0 aliphatic rings. The Bertz CT molecular complexity index is 176. The van der Waals surface area contributed by atoms with Gasteiger partial charge in [-0.1, -0.05) is 6.92 Å². The molecule has 5 nitrogen and oxygen atoms in total. The van der Waals surface area contributed by atoms with Crippen molar-refractivity contribution in [3.8, 4) is 0 Å². The maximum atomic E-state index is 11.5. The second kappa shape index (κ2) is 8.64. The third-order valence-electron chi connectivity index (χ3n) is 2.00. The molecule has 0 bridgehead atoms. The molecule has 0 aromatic rings. The zero-order valence-corrected chi connectivity index (χ0v) is 9.75. The van der Waals surface area contributed by atoms with Crippen LogP contribution in [0.3, 0.4) is 0 Å². The van der Waals surface area contributed by atoms with Gasteiger partial charge >= 0.3 is 0 Å². The van der Waals surface area contributed by atoms with Crippen molar-refractivity contribution in [3.63, 3.8) is 0 Å². The summed E-state index contributed by atoms with van der Waals surface area (Å²) < 4.78 is 4.86. The molecule has 0 radical (unpaired) electrons. The largest absolute Gasteiger partial charge is 0.394 e. The van der Waals surface area contributed by atoms with Crippen LogP contribution in [0.15, 0.2) is 0 Å². The number of aliphatic hydroxyl groups excluding tert-OH is 1.